The molecule has 2 heterocycles. The monoisotopic (exact) mass is 395 g/mol. The van der Waals surface area contributed by atoms with Crippen LogP contribution in [0, 0.1) is 5.92 Å². The van der Waals surface area contributed by atoms with Gasteiger partial charge in [0.25, 0.3) is 5.91 Å². The van der Waals surface area contributed by atoms with Crippen molar-refractivity contribution in [2.75, 3.05) is 7.05 Å². The van der Waals surface area contributed by atoms with Gasteiger partial charge in [0.05, 0.1) is 5.52 Å². The van der Waals surface area contributed by atoms with Crippen LogP contribution in [-0.4, -0.2) is 39.4 Å². The number of imidazole rings is 1. The standard InChI is InChI=1S/C21H25N5O3/c1-12(2)8-16(20(28)22-3)24-19(27)14-7-5-6-13(9-14)15-10-17-18(23-11-15)25-21(29)26(17)4/h5-7,9-12,16H,8H2,1-4H3,(H,22,28)(H,24,27)(H,23,25,29). The first-order valence-electron chi connectivity index (χ1n) is 9.47. The number of nitrogens with one attached hydrogen (secondary N) is 3. The van der Waals surface area contributed by atoms with Crippen LogP contribution in [0.2, 0.25) is 0 Å². The van der Waals surface area contributed by atoms with Crippen LogP contribution in [-0.2, 0) is 11.8 Å². The van der Waals surface area contributed by atoms with Crippen LogP contribution in [0.3, 0.4) is 0 Å². The fourth-order valence-electron chi connectivity index (χ4n) is 3.22. The number of pyridine rings is 1. The summed E-state index contributed by atoms with van der Waals surface area (Å²) >= 11 is 0. The van der Waals surface area contributed by atoms with E-state index in [1.54, 1.807) is 38.5 Å². The first kappa shape index (κ1) is 20.3. The molecule has 2 amide bonds. The summed E-state index contributed by atoms with van der Waals surface area (Å²) in [5.74, 6) is -0.273. The number of benzene rings is 1. The van der Waals surface area contributed by atoms with Crippen molar-refractivity contribution in [1.82, 2.24) is 25.2 Å². The Labute approximate surface area is 168 Å². The third kappa shape index (κ3) is 4.37. The van der Waals surface area contributed by atoms with E-state index in [1.165, 1.54) is 4.57 Å². The zero-order chi connectivity index (χ0) is 21.1. The number of aryl methyl sites for hydroxylation is 1. The van der Waals surface area contributed by atoms with Crippen molar-refractivity contribution in [3.8, 4) is 11.1 Å². The molecule has 0 fully saturated rings. The molecule has 3 rings (SSSR count). The highest BCUT2D eigenvalue weighted by Crippen LogP contribution is 2.22. The van der Waals surface area contributed by atoms with Crippen LogP contribution in [0.15, 0.2) is 41.3 Å². The first-order chi connectivity index (χ1) is 13.8. The highest BCUT2D eigenvalue weighted by Gasteiger charge is 2.21. The summed E-state index contributed by atoms with van der Waals surface area (Å²) in [7, 11) is 3.23. The van der Waals surface area contributed by atoms with Gasteiger partial charge in [0.15, 0.2) is 5.65 Å². The van der Waals surface area contributed by atoms with E-state index in [0.717, 1.165) is 11.1 Å². The van der Waals surface area contributed by atoms with Crippen molar-refractivity contribution in [1.29, 1.82) is 0 Å². The van der Waals surface area contributed by atoms with E-state index >= 15 is 0 Å². The molecule has 1 aromatic carbocycles. The first-order valence-corrected chi connectivity index (χ1v) is 9.47. The van der Waals surface area contributed by atoms with Crippen LogP contribution in [0.25, 0.3) is 22.3 Å². The number of nitrogens with zero attached hydrogens (tertiary/aromatic N) is 2. The fourth-order valence-corrected chi connectivity index (χ4v) is 3.22. The van der Waals surface area contributed by atoms with Crippen LogP contribution < -0.4 is 16.3 Å². The number of amides is 2. The summed E-state index contributed by atoms with van der Waals surface area (Å²) < 4.78 is 1.49. The smallest absolute Gasteiger partial charge is 0.327 e. The van der Waals surface area contributed by atoms with Crippen LogP contribution in [0.4, 0.5) is 0 Å². The number of fused-ring (bicyclic) bond motifs is 1. The molecule has 0 spiro atoms. The van der Waals surface area contributed by atoms with Crippen molar-refractivity contribution in [2.45, 2.75) is 26.3 Å². The van der Waals surface area contributed by atoms with Gasteiger partial charge in [-0.3, -0.25) is 19.1 Å². The van der Waals surface area contributed by atoms with Gasteiger partial charge >= 0.3 is 5.69 Å². The molecular weight excluding hydrogens is 370 g/mol. The number of carbonyl (C=O) groups excluding carboxylic acids is 2. The quantitative estimate of drug-likeness (QED) is 0.591. The number of carbonyl (C=O) groups is 2. The Morgan fingerprint density at radius 3 is 2.66 bits per heavy atom. The topological polar surface area (TPSA) is 109 Å². The summed E-state index contributed by atoms with van der Waals surface area (Å²) in [6.07, 6.45) is 2.20. The maximum Gasteiger partial charge on any atom is 0.327 e. The molecule has 1 atom stereocenters. The lowest BCUT2D eigenvalue weighted by atomic mass is 10.0. The molecule has 0 saturated carbocycles. The second-order valence-corrected chi connectivity index (χ2v) is 7.43. The van der Waals surface area contributed by atoms with Gasteiger partial charge in [-0.15, -0.1) is 0 Å². The Morgan fingerprint density at radius 1 is 1.21 bits per heavy atom. The number of likely N-dealkylation sites (N-methyl/N-ethyl adjacent to an activating group) is 1. The predicted octanol–water partition coefficient (Wildman–Crippen LogP) is 1.82. The maximum absolute atomic E-state index is 12.8. The minimum Gasteiger partial charge on any atom is -0.357 e. The van der Waals surface area contributed by atoms with E-state index in [1.807, 2.05) is 26.0 Å². The van der Waals surface area contributed by atoms with Crippen LogP contribution in [0.1, 0.15) is 30.6 Å². The van der Waals surface area contributed by atoms with Gasteiger partial charge in [-0.1, -0.05) is 26.0 Å². The van der Waals surface area contributed by atoms with Crippen molar-refractivity contribution in [2.24, 2.45) is 13.0 Å². The summed E-state index contributed by atoms with van der Waals surface area (Å²) in [5.41, 5.74) is 2.98. The Balaban J connectivity index is 1.88. The van der Waals surface area contributed by atoms with Gasteiger partial charge in [0, 0.05) is 31.4 Å². The van der Waals surface area contributed by atoms with Crippen molar-refractivity contribution in [3.05, 3.63) is 52.6 Å². The normalized spacial score (nSPS) is 12.2. The molecule has 0 aliphatic carbocycles. The lowest BCUT2D eigenvalue weighted by Gasteiger charge is -2.19. The molecule has 29 heavy (non-hydrogen) atoms. The highest BCUT2D eigenvalue weighted by atomic mass is 16.2. The van der Waals surface area contributed by atoms with E-state index in [0.29, 0.717) is 23.1 Å². The van der Waals surface area contributed by atoms with Crippen molar-refractivity contribution in [3.63, 3.8) is 0 Å². The second-order valence-electron chi connectivity index (χ2n) is 7.43. The molecule has 8 nitrogen and oxygen atoms in total. The SMILES string of the molecule is CNC(=O)C(CC(C)C)NC(=O)c1cccc(-c2cnc3[nH]c(=O)n(C)c3c2)c1. The molecule has 1 unspecified atom stereocenters. The minimum absolute atomic E-state index is 0.216. The molecule has 3 N–H and O–H groups in total. The summed E-state index contributed by atoms with van der Waals surface area (Å²) in [4.78, 5) is 43.6. The summed E-state index contributed by atoms with van der Waals surface area (Å²) in [6, 6.07) is 8.36. The predicted molar refractivity (Wildman–Crippen MR) is 112 cm³/mol. The molecule has 0 aliphatic heterocycles. The number of hydrogen-bond donors (Lipinski definition) is 3. The largest absolute Gasteiger partial charge is 0.357 e. The maximum atomic E-state index is 12.8. The van der Waals surface area contributed by atoms with Crippen molar-refractivity contribution < 1.29 is 9.59 Å². The highest BCUT2D eigenvalue weighted by molar-refractivity contribution is 5.98. The molecule has 2 aromatic heterocycles. The van der Waals surface area contributed by atoms with Gasteiger partial charge in [0.2, 0.25) is 5.91 Å². The summed E-state index contributed by atoms with van der Waals surface area (Å²) in [6.45, 7) is 4.00. The molecule has 152 valence electrons. The molecule has 0 bridgehead atoms. The van der Waals surface area contributed by atoms with Crippen LogP contribution in [0.5, 0.6) is 0 Å². The number of rotatable bonds is 6. The average molecular weight is 395 g/mol. The van der Waals surface area contributed by atoms with E-state index < -0.39 is 6.04 Å². The van der Waals surface area contributed by atoms with E-state index in [-0.39, 0.29) is 23.4 Å². The van der Waals surface area contributed by atoms with Gasteiger partial charge in [-0.05, 0) is 36.1 Å². The van der Waals surface area contributed by atoms with Gasteiger partial charge < -0.3 is 10.6 Å². The van der Waals surface area contributed by atoms with E-state index in [2.05, 4.69) is 20.6 Å². The van der Waals surface area contributed by atoms with Gasteiger partial charge in [0.1, 0.15) is 6.04 Å². The van der Waals surface area contributed by atoms with Gasteiger partial charge in [-0.2, -0.15) is 0 Å². The zero-order valence-electron chi connectivity index (χ0n) is 16.9. The molecule has 0 aliphatic rings. The average Bonchev–Trinajstić information content (AvgIpc) is 3.00. The zero-order valence-corrected chi connectivity index (χ0v) is 16.9. The molecule has 0 saturated heterocycles. The number of hydrogen-bond acceptors (Lipinski definition) is 4. The van der Waals surface area contributed by atoms with E-state index in [9.17, 15) is 14.4 Å². The Kier molecular flexibility index (Phi) is 5.81. The molecule has 8 heteroatoms. The third-order valence-corrected chi connectivity index (χ3v) is 4.79. The lowest BCUT2D eigenvalue weighted by Crippen LogP contribution is -2.46. The number of aromatic amines is 1. The molecule has 0 radical (unpaired) electrons. The fraction of sp³-hybridized carbons (Fsp3) is 0.333. The summed E-state index contributed by atoms with van der Waals surface area (Å²) in [5, 5.41) is 5.42. The molecular formula is C21H25N5O3. The minimum atomic E-state index is -0.594. The van der Waals surface area contributed by atoms with Gasteiger partial charge in [-0.25, -0.2) is 9.78 Å². The Hall–Kier alpha value is -3.42. The number of aromatic nitrogens is 3. The second kappa shape index (κ2) is 8.30. The van der Waals surface area contributed by atoms with E-state index in [4.69, 9.17) is 0 Å². The number of H-pyrrole nitrogens is 1. The Morgan fingerprint density at radius 2 is 1.97 bits per heavy atom. The Bertz CT molecular complexity index is 1110. The third-order valence-electron chi connectivity index (χ3n) is 4.79. The lowest BCUT2D eigenvalue weighted by molar-refractivity contribution is -0.122. The van der Waals surface area contributed by atoms with Crippen molar-refractivity contribution >= 4 is 23.0 Å². The molecule has 3 aromatic rings. The van der Waals surface area contributed by atoms with Crippen LogP contribution >= 0.6 is 0 Å².